The van der Waals surface area contributed by atoms with E-state index in [0.717, 1.165) is 32.1 Å². The molecular formula is C35H52N6O6. The molecule has 1 atom stereocenters. The van der Waals surface area contributed by atoms with Gasteiger partial charge in [0.1, 0.15) is 23.1 Å². The van der Waals surface area contributed by atoms with Gasteiger partial charge in [-0.15, -0.1) is 0 Å². The lowest BCUT2D eigenvalue weighted by molar-refractivity contribution is -0.134. The molecule has 47 heavy (non-hydrogen) atoms. The number of likely N-dealkylation sites (tertiary alicyclic amines) is 1. The van der Waals surface area contributed by atoms with Crippen LogP contribution in [0.5, 0.6) is 5.75 Å². The van der Waals surface area contributed by atoms with E-state index < -0.39 is 11.6 Å². The number of rotatable bonds is 5. The molecule has 0 saturated carbocycles. The highest BCUT2D eigenvalue weighted by Crippen LogP contribution is 2.38. The van der Waals surface area contributed by atoms with Crippen molar-refractivity contribution in [2.24, 2.45) is 12.5 Å². The first-order valence-electron chi connectivity index (χ1n) is 16.7. The number of carbonyl (C=O) groups is 4. The van der Waals surface area contributed by atoms with Gasteiger partial charge >= 0.3 is 6.09 Å². The number of hydrogen-bond donors (Lipinski definition) is 0. The van der Waals surface area contributed by atoms with Crippen molar-refractivity contribution >= 4 is 23.8 Å². The van der Waals surface area contributed by atoms with E-state index in [1.165, 1.54) is 9.58 Å². The van der Waals surface area contributed by atoms with Gasteiger partial charge in [0, 0.05) is 66.0 Å². The summed E-state index contributed by atoms with van der Waals surface area (Å²) in [4.78, 5) is 60.2. The highest BCUT2D eigenvalue weighted by atomic mass is 16.6. The number of piperidine rings is 1. The van der Waals surface area contributed by atoms with Crippen LogP contribution in [0.3, 0.4) is 0 Å². The van der Waals surface area contributed by atoms with Gasteiger partial charge in [-0.3, -0.25) is 19.1 Å². The minimum atomic E-state index is -0.702. The van der Waals surface area contributed by atoms with Crippen LogP contribution in [0.2, 0.25) is 0 Å². The number of para-hydroxylation sites is 1. The van der Waals surface area contributed by atoms with E-state index in [-0.39, 0.29) is 29.2 Å². The largest absolute Gasteiger partial charge is 0.492 e. The molecule has 4 rings (SSSR count). The van der Waals surface area contributed by atoms with Crippen LogP contribution in [0.1, 0.15) is 86.6 Å². The Kier molecular flexibility index (Phi) is 11.6. The normalized spacial score (nSPS) is 19.6. The lowest BCUT2D eigenvalue weighted by Gasteiger charge is -2.42. The number of hydrogen-bond acceptors (Lipinski definition) is 7. The van der Waals surface area contributed by atoms with E-state index in [1.807, 2.05) is 26.8 Å². The third-order valence-electron chi connectivity index (χ3n) is 9.38. The molecule has 258 valence electrons. The van der Waals surface area contributed by atoms with Crippen molar-refractivity contribution in [2.75, 3.05) is 53.9 Å². The first-order chi connectivity index (χ1) is 22.2. The van der Waals surface area contributed by atoms with Gasteiger partial charge in [0.2, 0.25) is 5.91 Å². The Balaban J connectivity index is 1.49. The summed E-state index contributed by atoms with van der Waals surface area (Å²) in [5, 5.41) is 4.08. The maximum atomic E-state index is 14.0. The number of carbonyl (C=O) groups excluding carboxylic acids is 4. The predicted octanol–water partition coefficient (Wildman–Crippen LogP) is 4.45. The Morgan fingerprint density at radius 3 is 2.38 bits per heavy atom. The molecule has 1 fully saturated rings. The molecule has 2 aromatic rings. The quantitative estimate of drug-likeness (QED) is 0.469. The third-order valence-corrected chi connectivity index (χ3v) is 9.38. The molecule has 2 aliphatic heterocycles. The molecule has 1 saturated heterocycles. The molecule has 2 aliphatic rings. The van der Waals surface area contributed by atoms with Crippen LogP contribution < -0.4 is 4.74 Å². The van der Waals surface area contributed by atoms with E-state index in [9.17, 15) is 19.2 Å². The van der Waals surface area contributed by atoms with E-state index >= 15 is 0 Å². The number of aryl methyl sites for hydroxylation is 1. The Morgan fingerprint density at radius 1 is 1.02 bits per heavy atom. The lowest BCUT2D eigenvalue weighted by atomic mass is 9.75. The van der Waals surface area contributed by atoms with Gasteiger partial charge < -0.3 is 29.1 Å². The fraction of sp³-hybridized carbons (Fsp3) is 0.629. The van der Waals surface area contributed by atoms with Crippen LogP contribution in [0.25, 0.3) is 0 Å². The van der Waals surface area contributed by atoms with E-state index in [4.69, 9.17) is 9.47 Å². The molecule has 0 radical (unpaired) electrons. The van der Waals surface area contributed by atoms with Crippen LogP contribution in [-0.4, -0.2) is 119 Å². The number of ether oxygens (including phenoxy) is 2. The molecule has 1 aromatic heterocycles. The van der Waals surface area contributed by atoms with Crippen LogP contribution >= 0.6 is 0 Å². The summed E-state index contributed by atoms with van der Waals surface area (Å²) in [5.41, 5.74) is 0.161. The summed E-state index contributed by atoms with van der Waals surface area (Å²) in [6.07, 6.45) is 6.33. The number of nitrogens with zero attached hydrogens (tertiary/aromatic N) is 6. The van der Waals surface area contributed by atoms with Crippen molar-refractivity contribution in [3.05, 3.63) is 47.8 Å². The van der Waals surface area contributed by atoms with Gasteiger partial charge in [0.25, 0.3) is 11.8 Å². The zero-order valence-corrected chi connectivity index (χ0v) is 29.2. The number of likely N-dealkylation sites (N-methyl/N-ethyl adjacent to an activating group) is 2. The molecule has 12 nitrogen and oxygen atoms in total. The SMILES string of the molecule is CN(CCC[C@H]1C(=O)N(C)CCCCC2(CCN(C(=O)OC(C)(C)C)CC2)COc2ccccc2C(=O)N1C)C(=O)c1ccnn1C. The first-order valence-corrected chi connectivity index (χ1v) is 16.7. The number of aromatic nitrogens is 2. The topological polar surface area (TPSA) is 118 Å². The van der Waals surface area contributed by atoms with Crippen molar-refractivity contribution in [1.29, 1.82) is 0 Å². The van der Waals surface area contributed by atoms with Crippen LogP contribution in [0.15, 0.2) is 36.5 Å². The molecule has 0 unspecified atom stereocenters. The van der Waals surface area contributed by atoms with Crippen molar-refractivity contribution < 1.29 is 28.7 Å². The smallest absolute Gasteiger partial charge is 0.410 e. The molecule has 0 aliphatic carbocycles. The molecule has 0 bridgehead atoms. The molecule has 0 N–H and O–H groups in total. The first kappa shape index (κ1) is 35.8. The summed E-state index contributed by atoms with van der Waals surface area (Å²) >= 11 is 0. The zero-order chi connectivity index (χ0) is 34.4. The standard InChI is InChI=1S/C35H52N6O6/c1-34(2,3)47-33(45)41-23-18-35(19-24-41)17-10-11-21-37(4)31(43)27(14-12-22-38(5)32(44)28-16-20-36-40(28)7)39(6)30(42)26-13-8-9-15-29(26)46-25-35/h8-9,13,15-16,20,27H,10-12,14,17-19,21-25H2,1-7H3/t27-/m0/s1. The van der Waals surface area contributed by atoms with E-state index in [1.54, 1.807) is 73.4 Å². The average molecular weight is 653 g/mol. The highest BCUT2D eigenvalue weighted by Gasteiger charge is 2.39. The summed E-state index contributed by atoms with van der Waals surface area (Å²) in [7, 11) is 6.92. The number of benzene rings is 1. The van der Waals surface area contributed by atoms with Gasteiger partial charge in [-0.1, -0.05) is 18.6 Å². The van der Waals surface area contributed by atoms with Crippen LogP contribution in [0.4, 0.5) is 4.79 Å². The Bertz CT molecular complexity index is 1410. The maximum Gasteiger partial charge on any atom is 0.410 e. The molecular weight excluding hydrogens is 600 g/mol. The van der Waals surface area contributed by atoms with Crippen molar-refractivity contribution in [3.63, 3.8) is 0 Å². The van der Waals surface area contributed by atoms with Crippen LogP contribution in [0, 0.1) is 5.41 Å². The molecule has 12 heteroatoms. The monoisotopic (exact) mass is 652 g/mol. The van der Waals surface area contributed by atoms with E-state index in [2.05, 4.69) is 5.10 Å². The highest BCUT2D eigenvalue weighted by molar-refractivity contribution is 5.99. The molecule has 3 heterocycles. The second kappa shape index (κ2) is 15.2. The minimum Gasteiger partial charge on any atom is -0.492 e. The third kappa shape index (κ3) is 9.04. The molecule has 1 spiro atoms. The number of amides is 4. The summed E-state index contributed by atoms with van der Waals surface area (Å²) in [5.74, 6) is -0.0884. The molecule has 1 aromatic carbocycles. The van der Waals surface area contributed by atoms with Crippen molar-refractivity contribution in [1.82, 2.24) is 29.4 Å². The molecule has 4 amide bonds. The average Bonchev–Trinajstić information content (AvgIpc) is 3.47. The summed E-state index contributed by atoms with van der Waals surface area (Å²) in [6, 6.07) is 8.16. The van der Waals surface area contributed by atoms with Gasteiger partial charge in [0.05, 0.1) is 12.2 Å². The summed E-state index contributed by atoms with van der Waals surface area (Å²) < 4.78 is 13.6. The zero-order valence-electron chi connectivity index (χ0n) is 29.2. The maximum absolute atomic E-state index is 14.0. The van der Waals surface area contributed by atoms with Crippen molar-refractivity contribution in [2.45, 2.75) is 77.4 Å². The van der Waals surface area contributed by atoms with E-state index in [0.29, 0.717) is 62.6 Å². The fourth-order valence-electron chi connectivity index (χ4n) is 6.39. The number of fused-ring (bicyclic) bond motifs is 1. The lowest BCUT2D eigenvalue weighted by Crippen LogP contribution is -2.49. The van der Waals surface area contributed by atoms with Gasteiger partial charge in [-0.25, -0.2) is 4.79 Å². The van der Waals surface area contributed by atoms with Gasteiger partial charge in [0.15, 0.2) is 0 Å². The van der Waals surface area contributed by atoms with Gasteiger partial charge in [-0.05, 0) is 77.5 Å². The Labute approximate surface area is 278 Å². The van der Waals surface area contributed by atoms with Gasteiger partial charge in [-0.2, -0.15) is 5.10 Å². The van der Waals surface area contributed by atoms with Crippen LogP contribution in [-0.2, 0) is 16.6 Å². The summed E-state index contributed by atoms with van der Waals surface area (Å²) in [6.45, 7) is 8.17. The Hall–Kier alpha value is -4.09. The fourth-order valence-corrected chi connectivity index (χ4v) is 6.39. The minimum absolute atomic E-state index is 0.127. The Morgan fingerprint density at radius 2 is 1.72 bits per heavy atom. The second-order valence-corrected chi connectivity index (χ2v) is 14.1. The second-order valence-electron chi connectivity index (χ2n) is 14.1. The predicted molar refractivity (Wildman–Crippen MR) is 178 cm³/mol. The van der Waals surface area contributed by atoms with Crippen molar-refractivity contribution in [3.8, 4) is 5.75 Å².